The van der Waals surface area contributed by atoms with Crippen LogP contribution in [-0.4, -0.2) is 34.6 Å². The van der Waals surface area contributed by atoms with Crippen LogP contribution in [0.5, 0.6) is 0 Å². The molecule has 1 aromatic carbocycles. The van der Waals surface area contributed by atoms with Crippen molar-refractivity contribution in [2.75, 3.05) is 12.0 Å². The topological polar surface area (TPSA) is 58.6 Å². The number of amides is 1. The number of carbonyl (C=O) groups excluding carboxylic acids is 2. The van der Waals surface area contributed by atoms with Crippen LogP contribution in [0.15, 0.2) is 29.2 Å². The van der Waals surface area contributed by atoms with E-state index in [9.17, 15) is 9.59 Å². The Kier molecular flexibility index (Phi) is 6.33. The van der Waals surface area contributed by atoms with Gasteiger partial charge in [-0.2, -0.15) is 0 Å². The molecule has 0 spiro atoms. The van der Waals surface area contributed by atoms with Gasteiger partial charge in [0.25, 0.3) is 0 Å². The molecule has 1 amide bonds. The second-order valence-corrected chi connectivity index (χ2v) is 7.26. The van der Waals surface area contributed by atoms with Gasteiger partial charge in [0.15, 0.2) is 0 Å². The van der Waals surface area contributed by atoms with Gasteiger partial charge in [0, 0.05) is 23.1 Å². The normalized spacial score (nSPS) is 17.0. The van der Waals surface area contributed by atoms with Crippen molar-refractivity contribution < 1.29 is 14.4 Å². The molecule has 2 atom stereocenters. The Hall–Kier alpha value is -1.69. The summed E-state index contributed by atoms with van der Waals surface area (Å²) in [6.45, 7) is 6.68. The lowest BCUT2D eigenvalue weighted by molar-refractivity contribution is -0.150. The summed E-state index contributed by atoms with van der Waals surface area (Å²) in [6, 6.07) is 7.20. The van der Waals surface area contributed by atoms with Crippen molar-refractivity contribution in [3.05, 3.63) is 24.3 Å². The molecule has 1 N–H and O–H groups in total. The molecule has 0 bridgehead atoms. The van der Waals surface area contributed by atoms with Gasteiger partial charge >= 0.3 is 5.97 Å². The second kappa shape index (κ2) is 8.24. The maximum absolute atomic E-state index is 12.0. The van der Waals surface area contributed by atoms with E-state index < -0.39 is 12.0 Å². The SMILES string of the molecule is CCC(C)Sc1ccc(NOC(=O)C(C)N2CCCC2=O)cc1. The van der Waals surface area contributed by atoms with Gasteiger partial charge in [-0.25, -0.2) is 10.3 Å². The van der Waals surface area contributed by atoms with E-state index in [1.807, 2.05) is 36.0 Å². The van der Waals surface area contributed by atoms with Gasteiger partial charge in [-0.1, -0.05) is 13.8 Å². The van der Waals surface area contributed by atoms with Crippen molar-refractivity contribution in [2.45, 2.75) is 56.2 Å². The third-order valence-electron chi connectivity index (χ3n) is 3.95. The molecular weight excluding hydrogens is 312 g/mol. The lowest BCUT2D eigenvalue weighted by Gasteiger charge is -2.22. The lowest BCUT2D eigenvalue weighted by atomic mass is 10.3. The van der Waals surface area contributed by atoms with Gasteiger partial charge in [-0.15, -0.1) is 11.8 Å². The van der Waals surface area contributed by atoms with Crippen molar-refractivity contribution in [1.82, 2.24) is 4.90 Å². The Labute approximate surface area is 141 Å². The van der Waals surface area contributed by atoms with Gasteiger partial charge in [-0.3, -0.25) is 4.79 Å². The summed E-state index contributed by atoms with van der Waals surface area (Å²) in [4.78, 5) is 31.5. The number of nitrogens with one attached hydrogen (secondary N) is 1. The third-order valence-corrected chi connectivity index (χ3v) is 5.23. The van der Waals surface area contributed by atoms with E-state index in [0.29, 0.717) is 23.9 Å². The van der Waals surface area contributed by atoms with E-state index in [-0.39, 0.29) is 5.91 Å². The summed E-state index contributed by atoms with van der Waals surface area (Å²) < 4.78 is 0. The van der Waals surface area contributed by atoms with E-state index in [1.165, 1.54) is 4.90 Å². The van der Waals surface area contributed by atoms with Crippen LogP contribution in [0.25, 0.3) is 0 Å². The highest BCUT2D eigenvalue weighted by atomic mass is 32.2. The van der Waals surface area contributed by atoms with Crippen LogP contribution in [0.3, 0.4) is 0 Å². The number of hydrogen-bond acceptors (Lipinski definition) is 5. The predicted octanol–water partition coefficient (Wildman–Crippen LogP) is 3.46. The number of carbonyl (C=O) groups is 2. The fraction of sp³-hybridized carbons (Fsp3) is 0.529. The zero-order valence-electron chi connectivity index (χ0n) is 13.9. The van der Waals surface area contributed by atoms with Crippen molar-refractivity contribution >= 4 is 29.3 Å². The van der Waals surface area contributed by atoms with E-state index in [0.717, 1.165) is 12.8 Å². The first-order chi connectivity index (χ1) is 11.0. The van der Waals surface area contributed by atoms with E-state index >= 15 is 0 Å². The molecule has 0 aromatic heterocycles. The summed E-state index contributed by atoms with van der Waals surface area (Å²) in [5.74, 6) is -0.431. The Bertz CT molecular complexity index is 547. The van der Waals surface area contributed by atoms with Gasteiger partial charge in [0.05, 0.1) is 5.69 Å². The minimum Gasteiger partial charge on any atom is -0.341 e. The number of hydrogen-bond donors (Lipinski definition) is 1. The standard InChI is InChI=1S/C17H24N2O3S/c1-4-12(2)23-15-9-7-14(8-10-15)18-22-17(21)13(3)19-11-5-6-16(19)20/h7-10,12-13,18H,4-6,11H2,1-3H3. The van der Waals surface area contributed by atoms with E-state index in [1.54, 1.807) is 11.8 Å². The average Bonchev–Trinajstić information content (AvgIpc) is 2.99. The van der Waals surface area contributed by atoms with Crippen LogP contribution in [0, 0.1) is 0 Å². The zero-order chi connectivity index (χ0) is 16.8. The fourth-order valence-corrected chi connectivity index (χ4v) is 3.24. The number of thioether (sulfide) groups is 1. The molecule has 1 heterocycles. The van der Waals surface area contributed by atoms with Crippen LogP contribution in [-0.2, 0) is 14.4 Å². The van der Waals surface area contributed by atoms with Crippen LogP contribution in [0.4, 0.5) is 5.69 Å². The van der Waals surface area contributed by atoms with Gasteiger partial charge in [-0.05, 0) is 44.0 Å². The summed E-state index contributed by atoms with van der Waals surface area (Å²) in [7, 11) is 0. The molecule has 2 unspecified atom stereocenters. The average molecular weight is 336 g/mol. The maximum Gasteiger partial charge on any atom is 0.354 e. The zero-order valence-corrected chi connectivity index (χ0v) is 14.7. The largest absolute Gasteiger partial charge is 0.354 e. The Morgan fingerprint density at radius 3 is 2.61 bits per heavy atom. The minimum absolute atomic E-state index is 0.0147. The van der Waals surface area contributed by atoms with Gasteiger partial charge < -0.3 is 9.74 Å². The highest BCUT2D eigenvalue weighted by Gasteiger charge is 2.30. The summed E-state index contributed by atoms with van der Waals surface area (Å²) >= 11 is 1.82. The minimum atomic E-state index is -0.558. The highest BCUT2D eigenvalue weighted by molar-refractivity contribution is 7.99. The highest BCUT2D eigenvalue weighted by Crippen LogP contribution is 2.26. The molecule has 2 rings (SSSR count). The monoisotopic (exact) mass is 336 g/mol. The molecule has 23 heavy (non-hydrogen) atoms. The molecule has 0 saturated carbocycles. The van der Waals surface area contributed by atoms with E-state index in [2.05, 4.69) is 19.3 Å². The molecular formula is C17H24N2O3S. The quantitative estimate of drug-likeness (QED) is 0.610. The third kappa shape index (κ3) is 4.89. The Morgan fingerprint density at radius 1 is 1.35 bits per heavy atom. The first kappa shape index (κ1) is 17.7. The van der Waals surface area contributed by atoms with Crippen LogP contribution >= 0.6 is 11.8 Å². The molecule has 126 valence electrons. The molecule has 0 radical (unpaired) electrons. The van der Waals surface area contributed by atoms with Crippen molar-refractivity contribution in [1.29, 1.82) is 0 Å². The number of likely N-dealkylation sites (tertiary alicyclic amines) is 1. The molecule has 1 fully saturated rings. The van der Waals surface area contributed by atoms with E-state index in [4.69, 9.17) is 4.84 Å². The lowest BCUT2D eigenvalue weighted by Crippen LogP contribution is -2.41. The number of anilines is 1. The van der Waals surface area contributed by atoms with Crippen LogP contribution in [0.1, 0.15) is 40.0 Å². The second-order valence-electron chi connectivity index (χ2n) is 5.75. The first-order valence-corrected chi connectivity index (χ1v) is 8.92. The number of rotatable bonds is 7. The van der Waals surface area contributed by atoms with Crippen molar-refractivity contribution in [3.8, 4) is 0 Å². The Balaban J connectivity index is 1.83. The summed E-state index contributed by atoms with van der Waals surface area (Å²) in [6.07, 6.45) is 2.44. The van der Waals surface area contributed by atoms with Gasteiger partial charge in [0.2, 0.25) is 5.91 Å². The molecule has 1 aliphatic heterocycles. The molecule has 5 nitrogen and oxygen atoms in total. The fourth-order valence-electron chi connectivity index (χ4n) is 2.32. The maximum atomic E-state index is 12.0. The number of nitrogens with zero attached hydrogens (tertiary/aromatic N) is 1. The number of benzene rings is 1. The van der Waals surface area contributed by atoms with Crippen molar-refractivity contribution in [2.24, 2.45) is 0 Å². The smallest absolute Gasteiger partial charge is 0.341 e. The van der Waals surface area contributed by atoms with Crippen LogP contribution in [0.2, 0.25) is 0 Å². The summed E-state index contributed by atoms with van der Waals surface area (Å²) in [5.41, 5.74) is 3.38. The molecule has 1 aromatic rings. The summed E-state index contributed by atoms with van der Waals surface area (Å²) in [5, 5.41) is 0.575. The molecule has 1 saturated heterocycles. The van der Waals surface area contributed by atoms with Crippen LogP contribution < -0.4 is 5.48 Å². The molecule has 1 aliphatic rings. The molecule has 0 aliphatic carbocycles. The molecule has 6 heteroatoms. The predicted molar refractivity (Wildman–Crippen MR) is 92.2 cm³/mol. The Morgan fingerprint density at radius 2 is 2.04 bits per heavy atom. The first-order valence-electron chi connectivity index (χ1n) is 8.04. The van der Waals surface area contributed by atoms with Gasteiger partial charge in [0.1, 0.15) is 6.04 Å². The van der Waals surface area contributed by atoms with Crippen molar-refractivity contribution in [3.63, 3.8) is 0 Å².